The highest BCUT2D eigenvalue weighted by molar-refractivity contribution is 5.91. The van der Waals surface area contributed by atoms with Crippen LogP contribution in [-0.2, 0) is 16.1 Å². The molecule has 0 spiro atoms. The molecule has 0 bridgehead atoms. The number of amides is 2. The quantitative estimate of drug-likeness (QED) is 0.722. The van der Waals surface area contributed by atoms with Gasteiger partial charge >= 0.3 is 0 Å². The van der Waals surface area contributed by atoms with Gasteiger partial charge in [0.15, 0.2) is 13.1 Å². The fourth-order valence-corrected chi connectivity index (χ4v) is 3.08. The van der Waals surface area contributed by atoms with Gasteiger partial charge in [0.2, 0.25) is 0 Å². The Balaban J connectivity index is 1.54. The van der Waals surface area contributed by atoms with Gasteiger partial charge in [0.25, 0.3) is 11.8 Å². The van der Waals surface area contributed by atoms with Crippen LogP contribution in [0.5, 0.6) is 0 Å². The molecule has 2 amide bonds. The van der Waals surface area contributed by atoms with E-state index >= 15 is 0 Å². The summed E-state index contributed by atoms with van der Waals surface area (Å²) in [6, 6.07) is 12.2. The van der Waals surface area contributed by atoms with Crippen molar-refractivity contribution in [3.8, 4) is 0 Å². The summed E-state index contributed by atoms with van der Waals surface area (Å²) in [7, 11) is 1.75. The highest BCUT2D eigenvalue weighted by atomic mass is 19.1. The molecule has 1 aliphatic carbocycles. The number of benzene rings is 2. The number of carbonyl (C=O) groups is 2. The summed E-state index contributed by atoms with van der Waals surface area (Å²) in [5.74, 6) is -1.16. The van der Waals surface area contributed by atoms with Gasteiger partial charge in [-0.15, -0.1) is 0 Å². The van der Waals surface area contributed by atoms with Crippen LogP contribution in [0, 0.1) is 11.6 Å². The third-order valence-corrected chi connectivity index (χ3v) is 4.63. The van der Waals surface area contributed by atoms with Crippen molar-refractivity contribution in [3.63, 3.8) is 0 Å². The first-order chi connectivity index (χ1) is 13.4. The van der Waals surface area contributed by atoms with Gasteiger partial charge in [-0.25, -0.2) is 8.78 Å². The van der Waals surface area contributed by atoms with Crippen molar-refractivity contribution in [1.29, 1.82) is 0 Å². The molecule has 1 unspecified atom stereocenters. The lowest BCUT2D eigenvalue weighted by molar-refractivity contribution is -0.862. The van der Waals surface area contributed by atoms with Crippen molar-refractivity contribution >= 4 is 17.5 Å². The molecule has 1 atom stereocenters. The van der Waals surface area contributed by atoms with Crippen LogP contribution in [0.2, 0.25) is 0 Å². The lowest BCUT2D eigenvalue weighted by Gasteiger charge is -2.24. The van der Waals surface area contributed by atoms with E-state index in [1.807, 2.05) is 0 Å². The maximum atomic E-state index is 13.9. The van der Waals surface area contributed by atoms with Gasteiger partial charge in [0, 0.05) is 23.8 Å². The molecule has 0 saturated heterocycles. The molecule has 5 nitrogen and oxygen atoms in total. The molecule has 0 aromatic heterocycles. The maximum absolute atomic E-state index is 13.9. The van der Waals surface area contributed by atoms with E-state index in [-0.39, 0.29) is 43.3 Å². The van der Waals surface area contributed by atoms with E-state index in [2.05, 4.69) is 5.32 Å². The molecule has 2 aromatic carbocycles. The third kappa shape index (κ3) is 5.60. The zero-order valence-corrected chi connectivity index (χ0v) is 15.8. The Morgan fingerprint density at radius 2 is 1.86 bits per heavy atom. The highest BCUT2D eigenvalue weighted by Crippen LogP contribution is 2.28. The van der Waals surface area contributed by atoms with Crippen molar-refractivity contribution in [2.45, 2.75) is 25.4 Å². The van der Waals surface area contributed by atoms with Crippen molar-refractivity contribution in [2.75, 3.05) is 25.5 Å². The number of nitrogens with zero attached hydrogens (tertiary/aromatic N) is 1. The van der Waals surface area contributed by atoms with Gasteiger partial charge < -0.3 is 15.1 Å². The Bertz CT molecular complexity index is 855. The van der Waals surface area contributed by atoms with Crippen molar-refractivity contribution in [2.24, 2.45) is 0 Å². The van der Waals surface area contributed by atoms with Gasteiger partial charge in [-0.2, -0.15) is 0 Å². The number of hydrogen-bond donors (Lipinski definition) is 2. The minimum Gasteiger partial charge on any atom is -0.330 e. The normalized spacial score (nSPS) is 14.4. The third-order valence-electron chi connectivity index (χ3n) is 4.63. The van der Waals surface area contributed by atoms with Gasteiger partial charge in [-0.1, -0.05) is 24.3 Å². The molecule has 148 valence electrons. The van der Waals surface area contributed by atoms with Gasteiger partial charge in [-0.05, 0) is 37.1 Å². The van der Waals surface area contributed by atoms with Gasteiger partial charge in [-0.3, -0.25) is 9.59 Å². The van der Waals surface area contributed by atoms with E-state index in [9.17, 15) is 18.4 Å². The number of likely N-dealkylation sites (N-methyl/N-ethyl adjacent to an activating group) is 1. The largest absolute Gasteiger partial charge is 0.330 e. The van der Waals surface area contributed by atoms with E-state index in [4.69, 9.17) is 0 Å². The molecule has 0 radical (unpaired) electrons. The second kappa shape index (κ2) is 8.93. The maximum Gasteiger partial charge on any atom is 0.279 e. The molecule has 28 heavy (non-hydrogen) atoms. The summed E-state index contributed by atoms with van der Waals surface area (Å²) in [5, 5.41) is 2.62. The number of halogens is 2. The van der Waals surface area contributed by atoms with E-state index < -0.39 is 5.82 Å². The smallest absolute Gasteiger partial charge is 0.279 e. The van der Waals surface area contributed by atoms with E-state index in [0.717, 1.165) is 12.8 Å². The van der Waals surface area contributed by atoms with E-state index in [0.29, 0.717) is 16.2 Å². The lowest BCUT2D eigenvalue weighted by Crippen LogP contribution is -3.11. The molecule has 3 rings (SSSR count). The molecule has 1 fully saturated rings. The van der Waals surface area contributed by atoms with Crippen molar-refractivity contribution in [1.82, 2.24) is 4.90 Å². The summed E-state index contributed by atoms with van der Waals surface area (Å²) in [4.78, 5) is 27.3. The standard InChI is InChI=1S/C21H23F2N3O2/c1-25(13-20(27)24-17-7-4-6-16(22)11-17)14-21(28)26(18-9-10-18)12-15-5-2-3-8-19(15)23/h2-8,11,18H,9-10,12-14H2,1H3,(H,24,27)/p+1. The monoisotopic (exact) mass is 388 g/mol. The van der Waals surface area contributed by atoms with E-state index in [1.54, 1.807) is 36.2 Å². The predicted molar refractivity (Wildman–Crippen MR) is 102 cm³/mol. The fraction of sp³-hybridized carbons (Fsp3) is 0.333. The number of anilines is 1. The molecule has 2 aromatic rings. The Morgan fingerprint density at radius 3 is 2.54 bits per heavy atom. The van der Waals surface area contributed by atoms with Crippen LogP contribution in [0.25, 0.3) is 0 Å². The van der Waals surface area contributed by atoms with Crippen LogP contribution in [0.3, 0.4) is 0 Å². The zero-order chi connectivity index (χ0) is 20.1. The summed E-state index contributed by atoms with van der Waals surface area (Å²) in [6.07, 6.45) is 1.83. The minimum absolute atomic E-state index is 0.0699. The Labute approximate surface area is 162 Å². The summed E-state index contributed by atoms with van der Waals surface area (Å²) < 4.78 is 27.1. The second-order valence-electron chi connectivity index (χ2n) is 7.21. The first-order valence-electron chi connectivity index (χ1n) is 9.32. The van der Waals surface area contributed by atoms with Crippen molar-refractivity contribution < 1.29 is 23.3 Å². The molecule has 0 aliphatic heterocycles. The van der Waals surface area contributed by atoms with Crippen LogP contribution in [0.1, 0.15) is 18.4 Å². The number of rotatable bonds is 8. The van der Waals surface area contributed by atoms with Crippen LogP contribution in [-0.4, -0.2) is 42.9 Å². The van der Waals surface area contributed by atoms with Crippen molar-refractivity contribution in [3.05, 3.63) is 65.7 Å². The molecular weight excluding hydrogens is 364 g/mol. The predicted octanol–water partition coefficient (Wildman–Crippen LogP) is 1.61. The average Bonchev–Trinajstić information content (AvgIpc) is 3.45. The molecule has 7 heteroatoms. The van der Waals surface area contributed by atoms with Gasteiger partial charge in [0.1, 0.15) is 11.6 Å². The van der Waals surface area contributed by atoms with E-state index in [1.165, 1.54) is 24.3 Å². The Hall–Kier alpha value is -2.80. The molecule has 2 N–H and O–H groups in total. The number of hydrogen-bond acceptors (Lipinski definition) is 2. The topological polar surface area (TPSA) is 53.9 Å². The summed E-state index contributed by atoms with van der Waals surface area (Å²) >= 11 is 0. The van der Waals surface area contributed by atoms with Crippen LogP contribution < -0.4 is 10.2 Å². The Kier molecular flexibility index (Phi) is 6.36. The average molecular weight is 388 g/mol. The highest BCUT2D eigenvalue weighted by Gasteiger charge is 2.34. The molecule has 0 heterocycles. The van der Waals surface area contributed by atoms with Crippen LogP contribution in [0.15, 0.2) is 48.5 Å². The molecular formula is C21H24F2N3O2+. The number of carbonyl (C=O) groups excluding carboxylic acids is 2. The van der Waals surface area contributed by atoms with Gasteiger partial charge in [0.05, 0.1) is 7.05 Å². The van der Waals surface area contributed by atoms with Crippen LogP contribution >= 0.6 is 0 Å². The minimum atomic E-state index is -0.429. The SMILES string of the molecule is C[NH+](CC(=O)Nc1cccc(F)c1)CC(=O)N(Cc1ccccc1F)C1CC1. The summed E-state index contributed by atoms with van der Waals surface area (Å²) in [5.41, 5.74) is 0.868. The Morgan fingerprint density at radius 1 is 1.11 bits per heavy atom. The first-order valence-corrected chi connectivity index (χ1v) is 9.32. The number of nitrogens with one attached hydrogen (secondary N) is 2. The number of quaternary nitrogens is 1. The lowest BCUT2D eigenvalue weighted by atomic mass is 10.2. The second-order valence-corrected chi connectivity index (χ2v) is 7.21. The first kappa shape index (κ1) is 19.9. The zero-order valence-electron chi connectivity index (χ0n) is 15.8. The summed E-state index contributed by atoms with van der Waals surface area (Å²) in [6.45, 7) is 0.431. The molecule has 1 aliphatic rings. The molecule has 1 saturated carbocycles. The van der Waals surface area contributed by atoms with Crippen LogP contribution in [0.4, 0.5) is 14.5 Å². The fourth-order valence-electron chi connectivity index (χ4n) is 3.08.